The summed E-state index contributed by atoms with van der Waals surface area (Å²) in [6.07, 6.45) is -7.44. The van der Waals surface area contributed by atoms with Crippen molar-refractivity contribution in [2.75, 3.05) is 31.6 Å². The molecular weight excluding hydrogens is 645 g/mol. The second-order valence-electron chi connectivity index (χ2n) is 9.44. The summed E-state index contributed by atoms with van der Waals surface area (Å²) in [4.78, 5) is 35.7. The van der Waals surface area contributed by atoms with Gasteiger partial charge in [-0.15, -0.1) is 10.2 Å². The van der Waals surface area contributed by atoms with Crippen LogP contribution in [0.4, 0.5) is 44.6 Å². The largest absolute Gasteiger partial charge is 0.490 e. The summed E-state index contributed by atoms with van der Waals surface area (Å²) in [5.74, 6) is -7.41. The average Bonchev–Trinajstić information content (AvgIpc) is 3.27. The van der Waals surface area contributed by atoms with Crippen molar-refractivity contribution >= 4 is 34.4 Å². The van der Waals surface area contributed by atoms with Gasteiger partial charge < -0.3 is 25.1 Å². The molecule has 0 aromatic carbocycles. The number of hydrogen-bond acceptors (Lipinski definition) is 9. The van der Waals surface area contributed by atoms with Crippen molar-refractivity contribution in [2.24, 2.45) is 11.3 Å². The monoisotopic (exact) mass is 671 g/mol. The van der Waals surface area contributed by atoms with Crippen LogP contribution < -0.4 is 4.90 Å². The molecule has 248 valence electrons. The van der Waals surface area contributed by atoms with Crippen LogP contribution in [-0.2, 0) is 20.9 Å². The highest BCUT2D eigenvalue weighted by atomic mass is 32.1. The van der Waals surface area contributed by atoms with Crippen molar-refractivity contribution in [3.8, 4) is 0 Å². The maximum absolute atomic E-state index is 10.6. The third-order valence-corrected chi connectivity index (χ3v) is 6.92. The van der Waals surface area contributed by atoms with Gasteiger partial charge >= 0.3 is 36.4 Å². The maximum atomic E-state index is 10.6. The van der Waals surface area contributed by atoms with Crippen LogP contribution in [0.15, 0.2) is 30.0 Å². The summed E-state index contributed by atoms with van der Waals surface area (Å²) in [5.41, 5.74) is 3.73. The van der Waals surface area contributed by atoms with E-state index in [1.165, 1.54) is 31.4 Å². The molecule has 2 aromatic heterocycles. The molecule has 3 heterocycles. The minimum absolute atomic E-state index is 0.602. The van der Waals surface area contributed by atoms with Gasteiger partial charge in [0.2, 0.25) is 5.13 Å². The Hall–Kier alpha value is -3.75. The first-order chi connectivity index (χ1) is 20.1. The van der Waals surface area contributed by atoms with Crippen molar-refractivity contribution in [3.63, 3.8) is 0 Å². The van der Waals surface area contributed by atoms with Gasteiger partial charge in [0.15, 0.2) is 0 Å². The highest BCUT2D eigenvalue weighted by molar-refractivity contribution is 7.13. The topological polar surface area (TPSA) is 157 Å². The summed E-state index contributed by atoms with van der Waals surface area (Å²) in [5, 5.41) is 30.6. The molecule has 11 nitrogen and oxygen atoms in total. The molecule has 3 N–H and O–H groups in total. The van der Waals surface area contributed by atoms with Crippen LogP contribution in [-0.4, -0.2) is 98.5 Å². The fourth-order valence-corrected chi connectivity index (χ4v) is 4.61. The molecular formula is C23H26F9N5O6S. The van der Waals surface area contributed by atoms with Crippen LogP contribution in [0.5, 0.6) is 0 Å². The lowest BCUT2D eigenvalue weighted by Crippen LogP contribution is -2.36. The van der Waals surface area contributed by atoms with Gasteiger partial charge in [0, 0.05) is 38.6 Å². The van der Waals surface area contributed by atoms with Crippen LogP contribution >= 0.6 is 11.3 Å². The molecule has 1 unspecified atom stereocenters. The van der Waals surface area contributed by atoms with E-state index in [0.717, 1.165) is 30.7 Å². The van der Waals surface area contributed by atoms with Crippen LogP contribution in [0.3, 0.4) is 0 Å². The van der Waals surface area contributed by atoms with Crippen molar-refractivity contribution in [3.05, 3.63) is 35.6 Å². The van der Waals surface area contributed by atoms with Gasteiger partial charge in [0.05, 0.1) is 0 Å². The van der Waals surface area contributed by atoms with E-state index in [2.05, 4.69) is 38.1 Å². The van der Waals surface area contributed by atoms with Gasteiger partial charge in [0.25, 0.3) is 0 Å². The first-order valence-corrected chi connectivity index (χ1v) is 13.0. The van der Waals surface area contributed by atoms with Gasteiger partial charge in [-0.3, -0.25) is 4.98 Å². The SMILES string of the molecule is CN(Cc1cccnc1)CC1CC12CCN(c1nncs1)CC2.O=C(O)C(F)(F)F.O=C(O)C(F)(F)F.O=C(O)C(F)(F)F. The van der Waals surface area contributed by atoms with Gasteiger partial charge in [-0.1, -0.05) is 17.4 Å². The Balaban J connectivity index is 0.000000379. The maximum Gasteiger partial charge on any atom is 0.490 e. The zero-order chi connectivity index (χ0) is 33.9. The minimum Gasteiger partial charge on any atom is -0.475 e. The second-order valence-corrected chi connectivity index (χ2v) is 10.3. The smallest absolute Gasteiger partial charge is 0.475 e. The zero-order valence-corrected chi connectivity index (χ0v) is 23.3. The van der Waals surface area contributed by atoms with Crippen molar-refractivity contribution in [1.29, 1.82) is 0 Å². The molecule has 1 saturated heterocycles. The molecule has 1 aliphatic carbocycles. The Morgan fingerprint density at radius 2 is 1.43 bits per heavy atom. The molecule has 0 amide bonds. The number of pyridine rings is 1. The third-order valence-electron chi connectivity index (χ3n) is 6.17. The lowest BCUT2D eigenvalue weighted by atomic mass is 9.91. The Morgan fingerprint density at radius 3 is 1.80 bits per heavy atom. The lowest BCUT2D eigenvalue weighted by Gasteiger charge is -2.33. The number of aromatic nitrogens is 3. The highest BCUT2D eigenvalue weighted by Crippen LogP contribution is 2.59. The van der Waals surface area contributed by atoms with E-state index in [4.69, 9.17) is 29.7 Å². The Morgan fingerprint density at radius 1 is 0.955 bits per heavy atom. The van der Waals surface area contributed by atoms with Crippen molar-refractivity contribution < 1.29 is 69.2 Å². The number of carbonyl (C=O) groups is 3. The first-order valence-electron chi connectivity index (χ1n) is 12.1. The lowest BCUT2D eigenvalue weighted by molar-refractivity contribution is -0.193. The number of nitrogens with zero attached hydrogens (tertiary/aromatic N) is 5. The molecule has 1 saturated carbocycles. The van der Waals surface area contributed by atoms with Gasteiger partial charge in [0.1, 0.15) is 5.51 Å². The third kappa shape index (κ3) is 13.7. The number of hydrogen-bond donors (Lipinski definition) is 3. The Bertz CT molecular complexity index is 1130. The van der Waals surface area contributed by atoms with E-state index >= 15 is 0 Å². The molecule has 1 aliphatic heterocycles. The summed E-state index contributed by atoms with van der Waals surface area (Å²) in [6, 6.07) is 4.18. The molecule has 0 radical (unpaired) electrons. The fraction of sp³-hybridized carbons (Fsp3) is 0.565. The predicted molar refractivity (Wildman–Crippen MR) is 134 cm³/mol. The fourth-order valence-electron chi connectivity index (χ4n) is 3.99. The Kier molecular flexibility index (Phi) is 13.8. The van der Waals surface area contributed by atoms with E-state index in [-0.39, 0.29) is 0 Å². The van der Waals surface area contributed by atoms with Gasteiger partial charge in [-0.2, -0.15) is 39.5 Å². The van der Waals surface area contributed by atoms with E-state index in [9.17, 15) is 39.5 Å². The van der Waals surface area contributed by atoms with Gasteiger partial charge in [-0.25, -0.2) is 14.4 Å². The normalized spacial score (nSPS) is 17.2. The average molecular weight is 672 g/mol. The quantitative estimate of drug-likeness (QED) is 0.383. The second kappa shape index (κ2) is 15.8. The molecule has 4 rings (SSSR count). The number of alkyl halides is 9. The number of rotatable bonds is 5. The summed E-state index contributed by atoms with van der Waals surface area (Å²) in [6.45, 7) is 4.47. The van der Waals surface area contributed by atoms with Crippen LogP contribution in [0.2, 0.25) is 0 Å². The zero-order valence-electron chi connectivity index (χ0n) is 22.5. The Labute approximate surface area is 246 Å². The van der Waals surface area contributed by atoms with E-state index in [1.807, 2.05) is 24.0 Å². The molecule has 44 heavy (non-hydrogen) atoms. The number of aliphatic carboxylic acids is 3. The molecule has 1 atom stereocenters. The molecule has 0 bridgehead atoms. The molecule has 21 heteroatoms. The first kappa shape index (κ1) is 38.3. The number of halogens is 9. The molecule has 1 spiro atoms. The number of piperidine rings is 1. The van der Waals surface area contributed by atoms with Gasteiger partial charge in [-0.05, 0) is 49.3 Å². The van der Waals surface area contributed by atoms with Crippen molar-refractivity contribution in [1.82, 2.24) is 20.1 Å². The molecule has 2 fully saturated rings. The standard InChI is InChI=1S/C17H23N5S.3C2HF3O2/c1-21(11-14-3-2-6-18-10-14)12-15-9-17(15)4-7-22(8-5-17)16-20-19-13-23-16;3*3-2(4,5)1(6)7/h2-3,6,10,13,15H,4-5,7-9,11-12H2,1H3;3*(H,6,7). The van der Waals surface area contributed by atoms with E-state index in [0.29, 0.717) is 5.41 Å². The highest BCUT2D eigenvalue weighted by Gasteiger charge is 2.54. The summed E-state index contributed by atoms with van der Waals surface area (Å²) < 4.78 is 95.2. The molecule has 2 aromatic rings. The van der Waals surface area contributed by atoms with E-state index < -0.39 is 36.4 Å². The molecule has 2 aliphatic rings. The van der Waals surface area contributed by atoms with Crippen molar-refractivity contribution in [2.45, 2.75) is 44.3 Å². The number of carboxylic acid groups (broad SMARTS) is 3. The minimum atomic E-state index is -5.08. The summed E-state index contributed by atoms with van der Waals surface area (Å²) >= 11 is 1.65. The predicted octanol–water partition coefficient (Wildman–Crippen LogP) is 4.57. The van der Waals surface area contributed by atoms with Crippen LogP contribution in [0.25, 0.3) is 0 Å². The number of carboxylic acids is 3. The van der Waals surface area contributed by atoms with Crippen LogP contribution in [0.1, 0.15) is 24.8 Å². The van der Waals surface area contributed by atoms with Crippen LogP contribution in [0, 0.1) is 11.3 Å². The summed E-state index contributed by atoms with van der Waals surface area (Å²) in [7, 11) is 2.23. The van der Waals surface area contributed by atoms with E-state index in [1.54, 1.807) is 11.3 Å². The number of anilines is 1.